The van der Waals surface area contributed by atoms with Crippen LogP contribution in [0.4, 0.5) is 0 Å². The van der Waals surface area contributed by atoms with Gasteiger partial charge in [-0.2, -0.15) is 0 Å². The molecule has 8 aromatic carbocycles. The fourth-order valence-electron chi connectivity index (χ4n) is 9.14. The molecule has 2 atom stereocenters. The van der Waals surface area contributed by atoms with Crippen molar-refractivity contribution >= 4 is 71.4 Å². The first-order valence-electron chi connectivity index (χ1n) is 19.5. The Morgan fingerprint density at radius 1 is 0.456 bits per heavy atom. The van der Waals surface area contributed by atoms with E-state index in [2.05, 4.69) is 196 Å². The first-order valence-corrected chi connectivity index (χ1v) is 19.5. The lowest BCUT2D eigenvalue weighted by molar-refractivity contribution is 0.411. The highest BCUT2D eigenvalue weighted by Crippen LogP contribution is 2.43. The summed E-state index contributed by atoms with van der Waals surface area (Å²) < 4.78 is 11.5. The Bertz CT molecular complexity index is 3360. The number of furan rings is 1. The number of benzene rings is 8. The van der Waals surface area contributed by atoms with Gasteiger partial charge in [-0.1, -0.05) is 127 Å². The number of nitrogens with zero attached hydrogens (tertiary/aromatic N) is 3. The summed E-state index contributed by atoms with van der Waals surface area (Å²) in [5.41, 5.74) is 11.9. The number of rotatable bonds is 5. The largest absolute Gasteiger partial charge is 0.456 e. The van der Waals surface area contributed by atoms with Gasteiger partial charge in [0.05, 0.1) is 22.1 Å². The van der Waals surface area contributed by atoms with E-state index < -0.39 is 0 Å². The minimum Gasteiger partial charge on any atom is -0.456 e. The first-order chi connectivity index (χ1) is 28.3. The average molecular weight is 734 g/mol. The van der Waals surface area contributed by atoms with Crippen LogP contribution < -0.4 is 10.6 Å². The van der Waals surface area contributed by atoms with Crippen molar-refractivity contribution in [2.75, 3.05) is 0 Å². The standard InChI is InChI=1S/C51H35N5O/c1-4-15-32(16-5-1)49-52-50(33-17-6-2-7-18-33)54-51(53-49)39-23-14-26-44-46(39)38-28-27-35(31-45(38)57-44)56-41-25-13-11-22-37(41)48-43(56)30-29-42-47(48)36-21-10-12-24-40(36)55(42)34-19-8-3-9-20-34/h1-31,49,51,53H,(H,52,54). The van der Waals surface area contributed by atoms with Crippen molar-refractivity contribution in [2.45, 2.75) is 12.3 Å². The van der Waals surface area contributed by atoms with Gasteiger partial charge in [-0.3, -0.25) is 5.32 Å². The molecule has 270 valence electrons. The van der Waals surface area contributed by atoms with Crippen LogP contribution in [-0.2, 0) is 0 Å². The molecule has 0 aliphatic carbocycles. The fraction of sp³-hybridized carbons (Fsp3) is 0.0392. The molecule has 1 aliphatic heterocycles. The van der Waals surface area contributed by atoms with Gasteiger partial charge in [-0.05, 0) is 60.2 Å². The predicted molar refractivity (Wildman–Crippen MR) is 234 cm³/mol. The van der Waals surface area contributed by atoms with Gasteiger partial charge in [0.1, 0.15) is 29.3 Å². The summed E-state index contributed by atoms with van der Waals surface area (Å²) in [7, 11) is 0. The normalized spacial score (nSPS) is 15.9. The molecule has 0 radical (unpaired) electrons. The number of para-hydroxylation sites is 3. The lowest BCUT2D eigenvalue weighted by Crippen LogP contribution is -2.45. The number of aliphatic imine (C=N–C) groups is 1. The Balaban J connectivity index is 1.03. The van der Waals surface area contributed by atoms with Crippen molar-refractivity contribution in [1.29, 1.82) is 0 Å². The van der Waals surface area contributed by atoms with Crippen LogP contribution >= 0.6 is 0 Å². The number of aromatic nitrogens is 2. The molecule has 2 unspecified atom stereocenters. The summed E-state index contributed by atoms with van der Waals surface area (Å²) in [4.78, 5) is 5.14. The highest BCUT2D eigenvalue weighted by atomic mass is 16.3. The maximum atomic E-state index is 6.75. The molecule has 2 N–H and O–H groups in total. The summed E-state index contributed by atoms with van der Waals surface area (Å²) >= 11 is 0. The second kappa shape index (κ2) is 12.6. The van der Waals surface area contributed by atoms with Gasteiger partial charge in [0.2, 0.25) is 0 Å². The van der Waals surface area contributed by atoms with Crippen molar-refractivity contribution in [2.24, 2.45) is 4.99 Å². The molecule has 12 rings (SSSR count). The fourth-order valence-corrected chi connectivity index (χ4v) is 9.14. The zero-order valence-corrected chi connectivity index (χ0v) is 30.8. The summed E-state index contributed by atoms with van der Waals surface area (Å²) in [5, 5.41) is 14.7. The van der Waals surface area contributed by atoms with E-state index in [-0.39, 0.29) is 12.3 Å². The van der Waals surface area contributed by atoms with Crippen LogP contribution in [0, 0.1) is 0 Å². The number of hydrogen-bond donors (Lipinski definition) is 2. The molecule has 57 heavy (non-hydrogen) atoms. The van der Waals surface area contributed by atoms with Gasteiger partial charge in [0, 0.05) is 60.9 Å². The minimum atomic E-state index is -0.226. The summed E-state index contributed by atoms with van der Waals surface area (Å²) in [6, 6.07) is 66.6. The third-order valence-electron chi connectivity index (χ3n) is 11.6. The van der Waals surface area contributed by atoms with Crippen LogP contribution in [0.1, 0.15) is 29.0 Å². The highest BCUT2D eigenvalue weighted by Gasteiger charge is 2.28. The monoisotopic (exact) mass is 733 g/mol. The second-order valence-electron chi connectivity index (χ2n) is 14.8. The molecule has 0 saturated carbocycles. The molecule has 6 nitrogen and oxygen atoms in total. The number of nitrogens with one attached hydrogen (secondary N) is 2. The molecule has 6 heteroatoms. The number of amidine groups is 1. The summed E-state index contributed by atoms with van der Waals surface area (Å²) in [6.07, 6.45) is -0.444. The van der Waals surface area contributed by atoms with E-state index in [1.54, 1.807) is 0 Å². The van der Waals surface area contributed by atoms with E-state index in [1.165, 1.54) is 32.6 Å². The Labute approximate surface area is 327 Å². The molecule has 11 aromatic rings. The Kier molecular flexibility index (Phi) is 7.03. The first kappa shape index (κ1) is 31.9. The van der Waals surface area contributed by atoms with Gasteiger partial charge in [0.25, 0.3) is 0 Å². The molecule has 0 saturated heterocycles. The third kappa shape index (κ3) is 4.91. The second-order valence-corrected chi connectivity index (χ2v) is 14.8. The van der Waals surface area contributed by atoms with Gasteiger partial charge in [-0.15, -0.1) is 0 Å². The summed E-state index contributed by atoms with van der Waals surface area (Å²) in [5.74, 6) is 0.854. The van der Waals surface area contributed by atoms with E-state index in [0.717, 1.165) is 66.9 Å². The topological polar surface area (TPSA) is 59.4 Å². The van der Waals surface area contributed by atoms with E-state index in [1.807, 2.05) is 12.1 Å². The third-order valence-corrected chi connectivity index (χ3v) is 11.6. The quantitative estimate of drug-likeness (QED) is 0.185. The maximum absolute atomic E-state index is 6.75. The predicted octanol–water partition coefficient (Wildman–Crippen LogP) is 12.1. The van der Waals surface area contributed by atoms with E-state index in [9.17, 15) is 0 Å². The van der Waals surface area contributed by atoms with Gasteiger partial charge in [0.15, 0.2) is 0 Å². The maximum Gasteiger partial charge on any atom is 0.137 e. The molecule has 0 bridgehead atoms. The van der Waals surface area contributed by atoms with Crippen molar-refractivity contribution in [3.05, 3.63) is 205 Å². The molecule has 0 fully saturated rings. The molecule has 1 aliphatic rings. The molecule has 4 heterocycles. The minimum absolute atomic E-state index is 0.218. The van der Waals surface area contributed by atoms with Crippen molar-refractivity contribution in [3.8, 4) is 11.4 Å². The molecule has 0 spiro atoms. The van der Waals surface area contributed by atoms with E-state index in [0.29, 0.717) is 0 Å². The van der Waals surface area contributed by atoms with E-state index in [4.69, 9.17) is 9.41 Å². The van der Waals surface area contributed by atoms with Crippen LogP contribution in [0.2, 0.25) is 0 Å². The zero-order valence-electron chi connectivity index (χ0n) is 30.8. The van der Waals surface area contributed by atoms with Crippen molar-refractivity contribution < 1.29 is 4.42 Å². The Hall–Kier alpha value is -7.41. The molecule has 3 aromatic heterocycles. The van der Waals surface area contributed by atoms with Crippen LogP contribution in [0.15, 0.2) is 197 Å². The van der Waals surface area contributed by atoms with Gasteiger partial charge in [-0.25, -0.2) is 4.99 Å². The van der Waals surface area contributed by atoms with Crippen molar-refractivity contribution in [3.63, 3.8) is 0 Å². The number of fused-ring (bicyclic) bond motifs is 10. The van der Waals surface area contributed by atoms with Gasteiger partial charge >= 0.3 is 0 Å². The van der Waals surface area contributed by atoms with Crippen LogP contribution in [0.3, 0.4) is 0 Å². The highest BCUT2D eigenvalue weighted by molar-refractivity contribution is 6.29. The summed E-state index contributed by atoms with van der Waals surface area (Å²) in [6.45, 7) is 0. The average Bonchev–Trinajstić information content (AvgIpc) is 3.94. The van der Waals surface area contributed by atoms with E-state index >= 15 is 0 Å². The van der Waals surface area contributed by atoms with Crippen LogP contribution in [-0.4, -0.2) is 15.0 Å². The van der Waals surface area contributed by atoms with Crippen LogP contribution in [0.25, 0.3) is 76.9 Å². The van der Waals surface area contributed by atoms with Gasteiger partial charge < -0.3 is 18.9 Å². The number of hydrogen-bond acceptors (Lipinski definition) is 4. The lowest BCUT2D eigenvalue weighted by atomic mass is 10.0. The Morgan fingerprint density at radius 3 is 1.77 bits per heavy atom. The zero-order chi connectivity index (χ0) is 37.5. The van der Waals surface area contributed by atoms with Crippen LogP contribution in [0.5, 0.6) is 0 Å². The molecular formula is C51H35N5O. The molecule has 0 amide bonds. The molecular weight excluding hydrogens is 699 g/mol. The van der Waals surface area contributed by atoms with Crippen molar-refractivity contribution in [1.82, 2.24) is 19.8 Å². The lowest BCUT2D eigenvalue weighted by Gasteiger charge is -2.32. The SMILES string of the molecule is c1ccc(C2=NC(c3ccccc3)NC(c3cccc4oc5cc(-n6c7ccccc7c7c8c9ccccc9n(-c9ccccc9)c8ccc76)ccc5c34)N2)cc1. The smallest absolute Gasteiger partial charge is 0.137 e. The Morgan fingerprint density at radius 2 is 1.07 bits per heavy atom.